The van der Waals surface area contributed by atoms with Crippen LogP contribution >= 0.6 is 27.5 Å². The van der Waals surface area contributed by atoms with E-state index in [-0.39, 0.29) is 0 Å². The zero-order valence-electron chi connectivity index (χ0n) is 11.0. The Morgan fingerprint density at radius 2 is 2.30 bits per heavy atom. The third-order valence-electron chi connectivity index (χ3n) is 3.33. The summed E-state index contributed by atoms with van der Waals surface area (Å²) < 4.78 is 0.852. The largest absolute Gasteiger partial charge is 0.337 e. The molecule has 2 N–H and O–H groups in total. The van der Waals surface area contributed by atoms with E-state index >= 15 is 0 Å². The van der Waals surface area contributed by atoms with Gasteiger partial charge in [0.1, 0.15) is 0 Å². The number of H-pyrrole nitrogens is 1. The fourth-order valence-corrected chi connectivity index (χ4v) is 2.90. The monoisotopic (exact) mass is 355 g/mol. The lowest BCUT2D eigenvalue weighted by Crippen LogP contribution is -2.49. The summed E-state index contributed by atoms with van der Waals surface area (Å²) in [5, 5.41) is 11.3. The molecule has 7 heteroatoms. The normalized spacial score (nSPS) is 19.4. The third-order valence-corrected chi connectivity index (χ3v) is 4.63. The van der Waals surface area contributed by atoms with Gasteiger partial charge in [-0.3, -0.25) is 5.10 Å². The van der Waals surface area contributed by atoms with Gasteiger partial charge in [0.25, 0.3) is 0 Å². The van der Waals surface area contributed by atoms with Crippen LogP contribution in [0.5, 0.6) is 0 Å². The molecule has 3 rings (SSSR count). The van der Waals surface area contributed by atoms with Gasteiger partial charge in [-0.05, 0) is 35.0 Å². The average Bonchev–Trinajstić information content (AvgIpc) is 2.91. The first-order chi connectivity index (χ1) is 9.65. The average molecular weight is 357 g/mol. The number of benzene rings is 1. The first-order valence-corrected chi connectivity index (χ1v) is 7.67. The molecule has 2 aromatic rings. The highest BCUT2D eigenvalue weighted by atomic mass is 79.9. The van der Waals surface area contributed by atoms with Crippen molar-refractivity contribution >= 4 is 33.5 Å². The van der Waals surface area contributed by atoms with Crippen molar-refractivity contribution in [3.05, 3.63) is 27.7 Å². The predicted octanol–water partition coefficient (Wildman–Crippen LogP) is 2.69. The van der Waals surface area contributed by atoms with Crippen molar-refractivity contribution in [1.82, 2.24) is 20.5 Å². The highest BCUT2D eigenvalue weighted by molar-refractivity contribution is 9.10. The van der Waals surface area contributed by atoms with Gasteiger partial charge in [-0.25, -0.2) is 0 Å². The number of hydrogen-bond donors (Lipinski definition) is 2. The Labute approximate surface area is 130 Å². The molecule has 1 fully saturated rings. The van der Waals surface area contributed by atoms with Crippen molar-refractivity contribution < 1.29 is 0 Å². The van der Waals surface area contributed by atoms with Gasteiger partial charge in [0, 0.05) is 35.7 Å². The van der Waals surface area contributed by atoms with Crippen molar-refractivity contribution in [1.29, 1.82) is 0 Å². The van der Waals surface area contributed by atoms with Crippen LogP contribution in [0.3, 0.4) is 0 Å². The van der Waals surface area contributed by atoms with Crippen LogP contribution in [0.25, 0.3) is 11.4 Å². The van der Waals surface area contributed by atoms with Gasteiger partial charge >= 0.3 is 0 Å². The summed E-state index contributed by atoms with van der Waals surface area (Å²) >= 11 is 9.71. The molecular formula is C13H15BrClN5. The summed E-state index contributed by atoms with van der Waals surface area (Å²) in [6.07, 6.45) is 0. The number of hydrogen-bond acceptors (Lipinski definition) is 4. The van der Waals surface area contributed by atoms with Crippen molar-refractivity contribution in [2.75, 3.05) is 24.5 Å². The Morgan fingerprint density at radius 1 is 1.45 bits per heavy atom. The molecule has 0 unspecified atom stereocenters. The summed E-state index contributed by atoms with van der Waals surface area (Å²) in [4.78, 5) is 6.74. The van der Waals surface area contributed by atoms with E-state index < -0.39 is 0 Å². The number of piperazine rings is 1. The second-order valence-corrected chi connectivity index (χ2v) is 6.12. The van der Waals surface area contributed by atoms with Crippen LogP contribution in [0.2, 0.25) is 5.02 Å². The standard InChI is InChI=1S/C13H15BrClN5/c1-8-7-20(6-5-16-8)13-17-12(18-19-13)9-3-2-4-10(14)11(9)15/h2-4,8,16H,5-7H2,1H3,(H,17,18,19)/t8-/m1/s1. The molecule has 0 radical (unpaired) electrons. The molecule has 1 aromatic carbocycles. The molecule has 0 aliphatic carbocycles. The predicted molar refractivity (Wildman–Crippen MR) is 84.2 cm³/mol. The van der Waals surface area contributed by atoms with Crippen LogP contribution in [0, 0.1) is 0 Å². The topological polar surface area (TPSA) is 56.8 Å². The molecule has 0 saturated carbocycles. The Kier molecular flexibility index (Phi) is 3.96. The van der Waals surface area contributed by atoms with E-state index in [0.717, 1.165) is 35.6 Å². The zero-order chi connectivity index (χ0) is 14.1. The number of nitrogens with zero attached hydrogens (tertiary/aromatic N) is 3. The second-order valence-electron chi connectivity index (χ2n) is 4.89. The highest BCUT2D eigenvalue weighted by Gasteiger charge is 2.20. The molecule has 0 spiro atoms. The Hall–Kier alpha value is -1.11. The van der Waals surface area contributed by atoms with Crippen molar-refractivity contribution in [2.45, 2.75) is 13.0 Å². The minimum absolute atomic E-state index is 0.445. The number of rotatable bonds is 2. The van der Waals surface area contributed by atoms with E-state index in [9.17, 15) is 0 Å². The van der Waals surface area contributed by atoms with Gasteiger partial charge in [-0.2, -0.15) is 4.98 Å². The molecule has 1 saturated heterocycles. The maximum Gasteiger partial charge on any atom is 0.245 e. The summed E-state index contributed by atoms with van der Waals surface area (Å²) in [6.45, 7) is 4.92. The van der Waals surface area contributed by atoms with E-state index in [0.29, 0.717) is 16.9 Å². The van der Waals surface area contributed by atoms with Gasteiger partial charge in [0.05, 0.1) is 5.02 Å². The number of anilines is 1. The summed E-state index contributed by atoms with van der Waals surface area (Å²) in [5.41, 5.74) is 0.850. The van der Waals surface area contributed by atoms with Gasteiger partial charge in [-0.1, -0.05) is 17.7 Å². The van der Waals surface area contributed by atoms with Crippen LogP contribution in [-0.2, 0) is 0 Å². The number of aromatic nitrogens is 3. The van der Waals surface area contributed by atoms with Crippen LogP contribution in [0.4, 0.5) is 5.95 Å². The fourth-order valence-electron chi connectivity index (χ4n) is 2.32. The number of aromatic amines is 1. The van der Waals surface area contributed by atoms with E-state index in [4.69, 9.17) is 11.6 Å². The van der Waals surface area contributed by atoms with E-state index in [1.54, 1.807) is 0 Å². The lowest BCUT2D eigenvalue weighted by atomic mass is 10.2. The van der Waals surface area contributed by atoms with Gasteiger partial charge in [0.15, 0.2) is 5.82 Å². The molecule has 0 bridgehead atoms. The zero-order valence-corrected chi connectivity index (χ0v) is 13.4. The maximum atomic E-state index is 6.29. The molecule has 20 heavy (non-hydrogen) atoms. The smallest absolute Gasteiger partial charge is 0.245 e. The molecule has 5 nitrogen and oxygen atoms in total. The number of halogens is 2. The van der Waals surface area contributed by atoms with Crippen LogP contribution in [0.15, 0.2) is 22.7 Å². The maximum absolute atomic E-state index is 6.29. The molecule has 1 aliphatic heterocycles. The van der Waals surface area contributed by atoms with Crippen molar-refractivity contribution in [3.8, 4) is 11.4 Å². The summed E-state index contributed by atoms with van der Waals surface area (Å²) in [5.74, 6) is 1.42. The first kappa shape index (κ1) is 13.9. The van der Waals surface area contributed by atoms with Crippen molar-refractivity contribution in [2.24, 2.45) is 0 Å². The lowest BCUT2D eigenvalue weighted by molar-refractivity contribution is 0.480. The highest BCUT2D eigenvalue weighted by Crippen LogP contribution is 2.32. The minimum atomic E-state index is 0.445. The van der Waals surface area contributed by atoms with Crippen molar-refractivity contribution in [3.63, 3.8) is 0 Å². The molecule has 2 heterocycles. The molecule has 1 atom stereocenters. The molecular weight excluding hydrogens is 342 g/mol. The summed E-state index contributed by atoms with van der Waals surface area (Å²) in [6, 6.07) is 6.21. The Morgan fingerprint density at radius 3 is 3.10 bits per heavy atom. The third kappa shape index (κ3) is 2.68. The SMILES string of the molecule is C[C@@H]1CN(c2n[nH]c(-c3cccc(Br)c3Cl)n2)CCN1. The summed E-state index contributed by atoms with van der Waals surface area (Å²) in [7, 11) is 0. The van der Waals surface area contributed by atoms with Crippen LogP contribution < -0.4 is 10.2 Å². The van der Waals surface area contributed by atoms with Crippen LogP contribution in [0.1, 0.15) is 6.92 Å². The van der Waals surface area contributed by atoms with Gasteiger partial charge < -0.3 is 10.2 Å². The minimum Gasteiger partial charge on any atom is -0.337 e. The van der Waals surface area contributed by atoms with Gasteiger partial charge in [-0.15, -0.1) is 5.10 Å². The number of nitrogens with one attached hydrogen (secondary N) is 2. The molecule has 0 amide bonds. The fraction of sp³-hybridized carbons (Fsp3) is 0.385. The Balaban J connectivity index is 1.88. The Bertz CT molecular complexity index is 615. The quantitative estimate of drug-likeness (QED) is 0.868. The second kappa shape index (κ2) is 5.71. The van der Waals surface area contributed by atoms with Gasteiger partial charge in [0.2, 0.25) is 5.95 Å². The molecule has 1 aliphatic rings. The molecule has 1 aromatic heterocycles. The van der Waals surface area contributed by atoms with Crippen LogP contribution in [-0.4, -0.2) is 40.9 Å². The lowest BCUT2D eigenvalue weighted by Gasteiger charge is -2.30. The van der Waals surface area contributed by atoms with E-state index in [2.05, 4.69) is 48.3 Å². The molecule has 106 valence electrons. The van der Waals surface area contributed by atoms with E-state index in [1.807, 2.05) is 18.2 Å². The van der Waals surface area contributed by atoms with E-state index in [1.165, 1.54) is 0 Å². The first-order valence-electron chi connectivity index (χ1n) is 6.50.